The summed E-state index contributed by atoms with van der Waals surface area (Å²) in [7, 11) is 0. The Labute approximate surface area is 123 Å². The van der Waals surface area contributed by atoms with Crippen LogP contribution in [0.2, 0.25) is 0 Å². The molecule has 6 heteroatoms. The van der Waals surface area contributed by atoms with Crippen LogP contribution >= 0.6 is 0 Å². The van der Waals surface area contributed by atoms with E-state index in [2.05, 4.69) is 4.90 Å². The standard InChI is InChI=1S/C15H21FN2O3/c16-13-3-1-2-4-14(13)18(6-5-15(19)20)8-7-17-9-11-21-12-10-17/h1-4H,5-12H2,(H,19,20). The number of hydrogen-bond donors (Lipinski definition) is 1. The van der Waals surface area contributed by atoms with Crippen LogP contribution in [0.25, 0.3) is 0 Å². The number of aliphatic carboxylic acids is 1. The number of para-hydroxylation sites is 1. The van der Waals surface area contributed by atoms with Crippen molar-refractivity contribution in [3.63, 3.8) is 0 Å². The molecule has 1 heterocycles. The van der Waals surface area contributed by atoms with Crippen molar-refractivity contribution in [3.8, 4) is 0 Å². The molecule has 0 radical (unpaired) electrons. The Kier molecular flexibility index (Phi) is 5.95. The summed E-state index contributed by atoms with van der Waals surface area (Å²) in [6.45, 7) is 4.85. The number of ether oxygens (including phenoxy) is 1. The first kappa shape index (κ1) is 15.7. The number of nitrogens with zero attached hydrogens (tertiary/aromatic N) is 2. The zero-order valence-corrected chi connectivity index (χ0v) is 12.0. The van der Waals surface area contributed by atoms with Gasteiger partial charge in [-0.05, 0) is 12.1 Å². The Hall–Kier alpha value is -1.66. The number of hydrogen-bond acceptors (Lipinski definition) is 4. The number of anilines is 1. The molecule has 0 saturated carbocycles. The highest BCUT2D eigenvalue weighted by Crippen LogP contribution is 2.19. The molecule has 5 nitrogen and oxygen atoms in total. The molecule has 1 fully saturated rings. The van der Waals surface area contributed by atoms with Gasteiger partial charge in [-0.3, -0.25) is 9.69 Å². The molecule has 0 amide bonds. The van der Waals surface area contributed by atoms with Crippen molar-refractivity contribution in [3.05, 3.63) is 30.1 Å². The molecule has 0 bridgehead atoms. The molecule has 1 saturated heterocycles. The molecule has 116 valence electrons. The van der Waals surface area contributed by atoms with Gasteiger partial charge in [-0.15, -0.1) is 0 Å². The molecular formula is C15H21FN2O3. The highest BCUT2D eigenvalue weighted by atomic mass is 19.1. The van der Waals surface area contributed by atoms with E-state index in [1.165, 1.54) is 6.07 Å². The second-order valence-electron chi connectivity index (χ2n) is 5.04. The summed E-state index contributed by atoms with van der Waals surface area (Å²) >= 11 is 0. The first-order valence-electron chi connectivity index (χ1n) is 7.18. The summed E-state index contributed by atoms with van der Waals surface area (Å²) in [6.07, 6.45) is -0.00253. The minimum absolute atomic E-state index is 0.00253. The fraction of sp³-hybridized carbons (Fsp3) is 0.533. The van der Waals surface area contributed by atoms with E-state index in [0.717, 1.165) is 32.8 Å². The molecule has 1 N–H and O–H groups in total. The molecular weight excluding hydrogens is 275 g/mol. The van der Waals surface area contributed by atoms with E-state index in [0.29, 0.717) is 18.8 Å². The quantitative estimate of drug-likeness (QED) is 0.825. The van der Waals surface area contributed by atoms with Crippen molar-refractivity contribution in [2.24, 2.45) is 0 Å². The molecule has 0 spiro atoms. The van der Waals surface area contributed by atoms with Crippen molar-refractivity contribution in [2.75, 3.05) is 50.8 Å². The van der Waals surface area contributed by atoms with E-state index in [9.17, 15) is 9.18 Å². The third kappa shape index (κ3) is 4.99. The second-order valence-corrected chi connectivity index (χ2v) is 5.04. The maximum absolute atomic E-state index is 13.9. The van der Waals surface area contributed by atoms with Gasteiger partial charge in [0.2, 0.25) is 0 Å². The van der Waals surface area contributed by atoms with Gasteiger partial charge in [-0.2, -0.15) is 0 Å². The molecule has 1 aromatic rings. The van der Waals surface area contributed by atoms with Gasteiger partial charge in [0, 0.05) is 32.7 Å². The van der Waals surface area contributed by atoms with Crippen LogP contribution in [-0.4, -0.2) is 61.9 Å². The average Bonchev–Trinajstić information content (AvgIpc) is 2.49. The van der Waals surface area contributed by atoms with Gasteiger partial charge < -0.3 is 14.7 Å². The molecule has 1 aliphatic heterocycles. The molecule has 21 heavy (non-hydrogen) atoms. The first-order chi connectivity index (χ1) is 10.2. The smallest absolute Gasteiger partial charge is 0.305 e. The largest absolute Gasteiger partial charge is 0.481 e. The third-order valence-electron chi connectivity index (χ3n) is 3.58. The molecule has 0 aromatic heterocycles. The van der Waals surface area contributed by atoms with Crippen LogP contribution in [0.5, 0.6) is 0 Å². The Morgan fingerprint density at radius 2 is 2.00 bits per heavy atom. The van der Waals surface area contributed by atoms with Gasteiger partial charge in [0.1, 0.15) is 5.82 Å². The van der Waals surface area contributed by atoms with E-state index in [4.69, 9.17) is 9.84 Å². The zero-order chi connectivity index (χ0) is 15.1. The maximum Gasteiger partial charge on any atom is 0.305 e. The normalized spacial score (nSPS) is 15.9. The Balaban J connectivity index is 1.97. The average molecular weight is 296 g/mol. The van der Waals surface area contributed by atoms with Crippen LogP contribution in [0.1, 0.15) is 6.42 Å². The predicted octanol–water partition coefficient (Wildman–Crippen LogP) is 1.44. The number of halogens is 1. The predicted molar refractivity (Wildman–Crippen MR) is 78.1 cm³/mol. The fourth-order valence-corrected chi connectivity index (χ4v) is 2.38. The Morgan fingerprint density at radius 3 is 2.67 bits per heavy atom. The van der Waals surface area contributed by atoms with Gasteiger partial charge in [0.15, 0.2) is 0 Å². The summed E-state index contributed by atoms with van der Waals surface area (Å²) in [4.78, 5) is 14.8. The van der Waals surface area contributed by atoms with Gasteiger partial charge >= 0.3 is 5.97 Å². The van der Waals surface area contributed by atoms with Crippen LogP contribution in [0.4, 0.5) is 10.1 Å². The van der Waals surface area contributed by atoms with Crippen LogP contribution in [0.15, 0.2) is 24.3 Å². The van der Waals surface area contributed by atoms with E-state index >= 15 is 0 Å². The SMILES string of the molecule is O=C(O)CCN(CCN1CCOCC1)c1ccccc1F. The zero-order valence-electron chi connectivity index (χ0n) is 12.0. The topological polar surface area (TPSA) is 53.0 Å². The third-order valence-corrected chi connectivity index (χ3v) is 3.58. The van der Waals surface area contributed by atoms with Crippen molar-refractivity contribution in [1.29, 1.82) is 0 Å². The van der Waals surface area contributed by atoms with Gasteiger partial charge in [0.05, 0.1) is 25.3 Å². The lowest BCUT2D eigenvalue weighted by molar-refractivity contribution is -0.136. The van der Waals surface area contributed by atoms with Crippen LogP contribution in [0.3, 0.4) is 0 Å². The second kappa shape index (κ2) is 7.95. The highest BCUT2D eigenvalue weighted by molar-refractivity contribution is 5.67. The number of carboxylic acid groups (broad SMARTS) is 1. The molecule has 2 rings (SSSR count). The monoisotopic (exact) mass is 296 g/mol. The molecule has 0 aliphatic carbocycles. The van der Waals surface area contributed by atoms with E-state index in [-0.39, 0.29) is 12.2 Å². The van der Waals surface area contributed by atoms with Gasteiger partial charge in [-0.25, -0.2) is 4.39 Å². The van der Waals surface area contributed by atoms with Crippen molar-refractivity contribution >= 4 is 11.7 Å². The maximum atomic E-state index is 13.9. The van der Waals surface area contributed by atoms with E-state index in [1.807, 2.05) is 0 Å². The Morgan fingerprint density at radius 1 is 1.29 bits per heavy atom. The lowest BCUT2D eigenvalue weighted by Crippen LogP contribution is -2.42. The Bertz CT molecular complexity index is 464. The molecule has 1 aromatic carbocycles. The van der Waals surface area contributed by atoms with Crippen molar-refractivity contribution < 1.29 is 19.0 Å². The number of rotatable bonds is 7. The van der Waals surface area contributed by atoms with E-state index < -0.39 is 5.97 Å². The number of carboxylic acids is 1. The molecule has 1 aliphatic rings. The minimum Gasteiger partial charge on any atom is -0.481 e. The first-order valence-corrected chi connectivity index (χ1v) is 7.18. The summed E-state index contributed by atoms with van der Waals surface area (Å²) in [5.41, 5.74) is 0.465. The highest BCUT2D eigenvalue weighted by Gasteiger charge is 2.15. The van der Waals surface area contributed by atoms with Crippen LogP contribution in [0, 0.1) is 5.82 Å². The fourth-order valence-electron chi connectivity index (χ4n) is 2.38. The number of carbonyl (C=O) groups is 1. The van der Waals surface area contributed by atoms with Crippen molar-refractivity contribution in [2.45, 2.75) is 6.42 Å². The lowest BCUT2D eigenvalue weighted by Gasteiger charge is -2.31. The van der Waals surface area contributed by atoms with Gasteiger partial charge in [-0.1, -0.05) is 12.1 Å². The van der Waals surface area contributed by atoms with Gasteiger partial charge in [0.25, 0.3) is 0 Å². The number of benzene rings is 1. The summed E-state index contributed by atoms with van der Waals surface area (Å²) in [5.74, 6) is -1.19. The van der Waals surface area contributed by atoms with Crippen molar-refractivity contribution in [1.82, 2.24) is 4.90 Å². The van der Waals surface area contributed by atoms with Crippen LogP contribution in [-0.2, 0) is 9.53 Å². The van der Waals surface area contributed by atoms with E-state index in [1.54, 1.807) is 23.1 Å². The lowest BCUT2D eigenvalue weighted by atomic mass is 10.2. The van der Waals surface area contributed by atoms with Crippen LogP contribution < -0.4 is 4.90 Å². The summed E-state index contributed by atoms with van der Waals surface area (Å²) in [6, 6.07) is 6.49. The number of morpholine rings is 1. The summed E-state index contributed by atoms with van der Waals surface area (Å²) in [5, 5.41) is 8.85. The molecule has 0 atom stereocenters. The summed E-state index contributed by atoms with van der Waals surface area (Å²) < 4.78 is 19.2. The molecule has 0 unspecified atom stereocenters. The minimum atomic E-state index is -0.872.